The van der Waals surface area contributed by atoms with E-state index in [-0.39, 0.29) is 0 Å². The summed E-state index contributed by atoms with van der Waals surface area (Å²) in [5.74, 6) is 1.65. The van der Waals surface area contributed by atoms with E-state index in [1.165, 1.54) is 24.9 Å². The summed E-state index contributed by atoms with van der Waals surface area (Å²) in [5.41, 5.74) is 2.98. The first-order valence-electron chi connectivity index (χ1n) is 6.40. The number of ether oxygens (including phenoxy) is 1. The van der Waals surface area contributed by atoms with Gasteiger partial charge in [-0.15, -0.1) is 0 Å². The van der Waals surface area contributed by atoms with Gasteiger partial charge in [0.05, 0.1) is 13.2 Å². The molecule has 1 aromatic carbocycles. The molecule has 90 valence electrons. The Balaban J connectivity index is 1.87. The van der Waals surface area contributed by atoms with Crippen molar-refractivity contribution < 1.29 is 4.74 Å². The summed E-state index contributed by atoms with van der Waals surface area (Å²) in [6, 6.07) is 9.12. The molecule has 0 N–H and O–H groups in total. The Morgan fingerprint density at radius 2 is 2.00 bits per heavy atom. The Morgan fingerprint density at radius 3 is 2.71 bits per heavy atom. The van der Waals surface area contributed by atoms with Gasteiger partial charge in [0.2, 0.25) is 0 Å². The van der Waals surface area contributed by atoms with Crippen molar-refractivity contribution in [2.24, 2.45) is 5.92 Å². The number of rotatable bonds is 2. The second kappa shape index (κ2) is 4.10. The molecule has 0 amide bonds. The van der Waals surface area contributed by atoms with Gasteiger partial charge in [-0.3, -0.25) is 0 Å². The van der Waals surface area contributed by atoms with Crippen LogP contribution in [0.4, 0.5) is 0 Å². The summed E-state index contributed by atoms with van der Waals surface area (Å²) in [5, 5.41) is 0. The SMILES string of the molecule is COc1ccc(C2CC(C)C3=CCCN32)cc1. The van der Waals surface area contributed by atoms with E-state index in [0.717, 1.165) is 5.75 Å². The summed E-state index contributed by atoms with van der Waals surface area (Å²) in [4.78, 5) is 2.58. The van der Waals surface area contributed by atoms with Crippen molar-refractivity contribution in [3.05, 3.63) is 41.6 Å². The maximum absolute atomic E-state index is 5.21. The molecule has 1 aromatic rings. The largest absolute Gasteiger partial charge is 0.497 e. The van der Waals surface area contributed by atoms with Crippen LogP contribution in [0, 0.1) is 5.92 Å². The first-order valence-corrected chi connectivity index (χ1v) is 6.40. The molecule has 2 nitrogen and oxygen atoms in total. The fourth-order valence-electron chi connectivity index (χ4n) is 3.14. The third-order valence-corrected chi connectivity index (χ3v) is 4.01. The molecule has 3 rings (SSSR count). The van der Waals surface area contributed by atoms with Gasteiger partial charge in [0.25, 0.3) is 0 Å². The van der Waals surface area contributed by atoms with E-state index in [9.17, 15) is 0 Å². The highest BCUT2D eigenvalue weighted by molar-refractivity contribution is 5.32. The molecule has 0 aromatic heterocycles. The minimum atomic E-state index is 0.574. The molecule has 2 atom stereocenters. The molecular formula is C15H19NO. The second-order valence-corrected chi connectivity index (χ2v) is 5.04. The first kappa shape index (κ1) is 10.7. The molecule has 2 heteroatoms. The number of methoxy groups -OCH3 is 1. The summed E-state index contributed by atoms with van der Waals surface area (Å²) in [6.07, 6.45) is 4.87. The highest BCUT2D eigenvalue weighted by Crippen LogP contribution is 2.44. The van der Waals surface area contributed by atoms with Gasteiger partial charge in [0.1, 0.15) is 5.75 Å². The number of hydrogen-bond donors (Lipinski definition) is 0. The van der Waals surface area contributed by atoms with Crippen LogP contribution >= 0.6 is 0 Å². The van der Waals surface area contributed by atoms with Crippen LogP contribution in [-0.2, 0) is 0 Å². The maximum atomic E-state index is 5.21. The third kappa shape index (κ3) is 1.72. The minimum absolute atomic E-state index is 0.574. The lowest BCUT2D eigenvalue weighted by Crippen LogP contribution is -2.19. The molecule has 0 spiro atoms. The van der Waals surface area contributed by atoms with E-state index in [1.54, 1.807) is 12.8 Å². The van der Waals surface area contributed by atoms with E-state index in [2.05, 4.69) is 42.2 Å². The lowest BCUT2D eigenvalue weighted by atomic mass is 9.99. The smallest absolute Gasteiger partial charge is 0.118 e. The summed E-state index contributed by atoms with van der Waals surface area (Å²) >= 11 is 0. The zero-order valence-electron chi connectivity index (χ0n) is 10.5. The molecule has 17 heavy (non-hydrogen) atoms. The Labute approximate surface area is 103 Å². The molecule has 2 heterocycles. The molecule has 2 aliphatic rings. The molecule has 2 unspecified atom stereocenters. The predicted octanol–water partition coefficient (Wildman–Crippen LogP) is 3.37. The minimum Gasteiger partial charge on any atom is -0.497 e. The highest BCUT2D eigenvalue weighted by Gasteiger charge is 2.36. The zero-order valence-corrected chi connectivity index (χ0v) is 10.5. The Bertz CT molecular complexity index is 435. The fourth-order valence-corrected chi connectivity index (χ4v) is 3.14. The van der Waals surface area contributed by atoms with Crippen LogP contribution in [-0.4, -0.2) is 18.6 Å². The van der Waals surface area contributed by atoms with Gasteiger partial charge >= 0.3 is 0 Å². The standard InChI is InChI=1S/C15H19NO/c1-11-10-15(16-9-3-4-14(11)16)12-5-7-13(17-2)8-6-12/h4-8,11,15H,3,9-10H2,1-2H3. The van der Waals surface area contributed by atoms with Gasteiger partial charge in [0.15, 0.2) is 0 Å². The van der Waals surface area contributed by atoms with Crippen LogP contribution in [0.25, 0.3) is 0 Å². The van der Waals surface area contributed by atoms with E-state index in [0.29, 0.717) is 12.0 Å². The van der Waals surface area contributed by atoms with Crippen LogP contribution < -0.4 is 4.74 Å². The Morgan fingerprint density at radius 1 is 1.24 bits per heavy atom. The topological polar surface area (TPSA) is 12.5 Å². The molecule has 0 aliphatic carbocycles. The Kier molecular flexibility index (Phi) is 2.58. The first-order chi connectivity index (χ1) is 8.29. The van der Waals surface area contributed by atoms with Crippen LogP contribution in [0.5, 0.6) is 5.75 Å². The molecular weight excluding hydrogens is 210 g/mol. The average Bonchev–Trinajstić information content (AvgIpc) is 2.94. The van der Waals surface area contributed by atoms with Crippen molar-refractivity contribution in [1.82, 2.24) is 4.90 Å². The predicted molar refractivity (Wildman–Crippen MR) is 68.9 cm³/mol. The van der Waals surface area contributed by atoms with E-state index in [4.69, 9.17) is 4.74 Å². The number of nitrogens with zero attached hydrogens (tertiary/aromatic N) is 1. The number of fused-ring (bicyclic) bond motifs is 1. The van der Waals surface area contributed by atoms with E-state index < -0.39 is 0 Å². The van der Waals surface area contributed by atoms with Crippen LogP contribution in [0.15, 0.2) is 36.0 Å². The van der Waals surface area contributed by atoms with Gasteiger partial charge in [-0.25, -0.2) is 0 Å². The van der Waals surface area contributed by atoms with Gasteiger partial charge in [-0.1, -0.05) is 25.1 Å². The molecule has 0 bridgehead atoms. The fraction of sp³-hybridized carbons (Fsp3) is 0.467. The lowest BCUT2D eigenvalue weighted by molar-refractivity contribution is 0.322. The molecule has 0 radical (unpaired) electrons. The van der Waals surface area contributed by atoms with Crippen molar-refractivity contribution >= 4 is 0 Å². The average molecular weight is 229 g/mol. The summed E-state index contributed by atoms with van der Waals surface area (Å²) in [7, 11) is 1.72. The normalized spacial score (nSPS) is 26.9. The van der Waals surface area contributed by atoms with Crippen molar-refractivity contribution in [2.45, 2.75) is 25.8 Å². The summed E-state index contributed by atoms with van der Waals surface area (Å²) < 4.78 is 5.21. The quantitative estimate of drug-likeness (QED) is 0.771. The maximum Gasteiger partial charge on any atom is 0.118 e. The van der Waals surface area contributed by atoms with Gasteiger partial charge < -0.3 is 9.64 Å². The molecule has 1 fully saturated rings. The van der Waals surface area contributed by atoms with Crippen molar-refractivity contribution in [2.75, 3.05) is 13.7 Å². The van der Waals surface area contributed by atoms with Crippen molar-refractivity contribution in [1.29, 1.82) is 0 Å². The third-order valence-electron chi connectivity index (χ3n) is 4.01. The number of allylic oxidation sites excluding steroid dienone is 1. The monoisotopic (exact) mass is 229 g/mol. The van der Waals surface area contributed by atoms with E-state index >= 15 is 0 Å². The van der Waals surface area contributed by atoms with Crippen LogP contribution in [0.1, 0.15) is 31.4 Å². The van der Waals surface area contributed by atoms with Crippen molar-refractivity contribution in [3.8, 4) is 5.75 Å². The zero-order chi connectivity index (χ0) is 11.8. The van der Waals surface area contributed by atoms with Gasteiger partial charge in [-0.2, -0.15) is 0 Å². The molecule has 2 aliphatic heterocycles. The van der Waals surface area contributed by atoms with Gasteiger partial charge in [0, 0.05) is 12.2 Å². The van der Waals surface area contributed by atoms with Crippen LogP contribution in [0.3, 0.4) is 0 Å². The van der Waals surface area contributed by atoms with Crippen molar-refractivity contribution in [3.63, 3.8) is 0 Å². The molecule has 1 saturated heterocycles. The number of benzene rings is 1. The van der Waals surface area contributed by atoms with E-state index in [1.807, 2.05) is 0 Å². The lowest BCUT2D eigenvalue weighted by Gasteiger charge is -2.24. The van der Waals surface area contributed by atoms with Crippen LogP contribution in [0.2, 0.25) is 0 Å². The summed E-state index contributed by atoms with van der Waals surface area (Å²) in [6.45, 7) is 3.53. The Hall–Kier alpha value is -1.44. The van der Waals surface area contributed by atoms with Gasteiger partial charge in [-0.05, 0) is 36.5 Å². The second-order valence-electron chi connectivity index (χ2n) is 5.04. The highest BCUT2D eigenvalue weighted by atomic mass is 16.5. The number of hydrogen-bond acceptors (Lipinski definition) is 2. The molecule has 0 saturated carbocycles.